The van der Waals surface area contributed by atoms with Crippen LogP contribution in [0.4, 0.5) is 11.6 Å². The Labute approximate surface area is 248 Å². The van der Waals surface area contributed by atoms with Crippen LogP contribution < -0.4 is 10.9 Å². The number of anilines is 2. The Hall–Kier alpha value is -3.59. The van der Waals surface area contributed by atoms with Crippen LogP contribution in [0.5, 0.6) is 0 Å². The zero-order valence-electron chi connectivity index (χ0n) is 23.5. The number of hydrogen-bond donors (Lipinski definition) is 1. The smallest absolute Gasteiger partial charge is 0.260 e. The molecule has 0 aliphatic carbocycles. The molecule has 3 aromatic heterocycles. The van der Waals surface area contributed by atoms with Crippen molar-refractivity contribution < 1.29 is 0 Å². The minimum absolute atomic E-state index is 0.133. The van der Waals surface area contributed by atoms with E-state index in [0.29, 0.717) is 40.2 Å². The number of thiazole rings is 1. The lowest BCUT2D eigenvalue weighted by molar-refractivity contribution is 0.222. The summed E-state index contributed by atoms with van der Waals surface area (Å²) in [7, 11) is 0. The van der Waals surface area contributed by atoms with Crippen molar-refractivity contribution in [1.82, 2.24) is 24.4 Å². The van der Waals surface area contributed by atoms with Crippen molar-refractivity contribution in [1.29, 1.82) is 0 Å². The van der Waals surface area contributed by atoms with Gasteiger partial charge in [0.05, 0.1) is 9.88 Å². The van der Waals surface area contributed by atoms with Gasteiger partial charge in [0.1, 0.15) is 5.65 Å². The molecule has 4 heterocycles. The van der Waals surface area contributed by atoms with Gasteiger partial charge in [0, 0.05) is 46.2 Å². The summed E-state index contributed by atoms with van der Waals surface area (Å²) in [6.45, 7) is 10.1. The zero-order chi connectivity index (χ0) is 28.5. The van der Waals surface area contributed by atoms with Gasteiger partial charge in [-0.2, -0.15) is 4.98 Å². The number of halogens is 1. The molecule has 210 valence electrons. The van der Waals surface area contributed by atoms with Crippen molar-refractivity contribution in [2.24, 2.45) is 0 Å². The number of aryl methyl sites for hydroxylation is 2. The van der Waals surface area contributed by atoms with Gasteiger partial charge in [-0.25, -0.2) is 9.97 Å². The molecule has 5 aromatic rings. The number of likely N-dealkylation sites (tertiary alicyclic amines) is 1. The highest BCUT2D eigenvalue weighted by molar-refractivity contribution is 7.15. The third-order valence-electron chi connectivity index (χ3n) is 7.98. The predicted molar refractivity (Wildman–Crippen MR) is 170 cm³/mol. The van der Waals surface area contributed by atoms with Crippen molar-refractivity contribution in [2.75, 3.05) is 25.0 Å². The average Bonchev–Trinajstić information content (AvgIpc) is 3.44. The van der Waals surface area contributed by atoms with Crippen molar-refractivity contribution in [3.05, 3.63) is 86.9 Å². The second-order valence-electron chi connectivity index (χ2n) is 10.5. The van der Waals surface area contributed by atoms with E-state index in [9.17, 15) is 4.79 Å². The number of benzene rings is 2. The maximum atomic E-state index is 13.6. The number of aromatic nitrogens is 4. The Morgan fingerprint density at radius 2 is 1.76 bits per heavy atom. The van der Waals surface area contributed by atoms with E-state index in [0.717, 1.165) is 46.2 Å². The summed E-state index contributed by atoms with van der Waals surface area (Å²) in [5, 5.41) is 5.61. The van der Waals surface area contributed by atoms with Gasteiger partial charge < -0.3 is 10.2 Å². The molecule has 7 nitrogen and oxygen atoms in total. The topological polar surface area (TPSA) is 75.9 Å². The fourth-order valence-corrected chi connectivity index (χ4v) is 6.69. The van der Waals surface area contributed by atoms with E-state index in [4.69, 9.17) is 16.6 Å². The molecule has 0 spiro atoms. The van der Waals surface area contributed by atoms with Crippen LogP contribution in [0.3, 0.4) is 0 Å². The molecule has 1 aliphatic rings. The molecule has 6 rings (SSSR count). The third-order valence-corrected chi connectivity index (χ3v) is 9.26. The number of hydrogen-bond acceptors (Lipinski definition) is 7. The normalized spacial score (nSPS) is 14.5. The van der Waals surface area contributed by atoms with Crippen LogP contribution in [0.1, 0.15) is 43.2 Å². The number of nitrogens with one attached hydrogen (secondary N) is 1. The second-order valence-corrected chi connectivity index (χ2v) is 12.1. The molecule has 0 amide bonds. The fraction of sp³-hybridized carbons (Fsp3) is 0.312. The largest absolute Gasteiger partial charge is 0.324 e. The van der Waals surface area contributed by atoms with Crippen molar-refractivity contribution in [3.63, 3.8) is 0 Å². The molecule has 41 heavy (non-hydrogen) atoms. The summed E-state index contributed by atoms with van der Waals surface area (Å²) in [5.74, 6) is 1.07. The van der Waals surface area contributed by atoms with Crippen LogP contribution in [0, 0.1) is 6.92 Å². The standard InChI is InChI=1S/C32H33ClN6OS/c1-4-38-14-12-22(13-15-38)21-6-9-25(10-7-21)36-32-35-18-24-16-27(31(40)39(5-2)30(24)37-32)26-11-8-23(17-28(26)33)29-19-34-20(3)41-29/h6-11,16-19,22H,4-5,12-15H2,1-3H3,(H,35,36,37). The Morgan fingerprint density at radius 1 is 0.976 bits per heavy atom. The molecule has 9 heteroatoms. The first-order valence-electron chi connectivity index (χ1n) is 14.2. The monoisotopic (exact) mass is 584 g/mol. The number of piperidine rings is 1. The predicted octanol–water partition coefficient (Wildman–Crippen LogP) is 7.51. The van der Waals surface area contributed by atoms with Crippen molar-refractivity contribution in [3.8, 4) is 21.6 Å². The molecule has 0 bridgehead atoms. The van der Waals surface area contributed by atoms with Crippen LogP contribution in [0.25, 0.3) is 32.6 Å². The molecule has 1 saturated heterocycles. The zero-order valence-corrected chi connectivity index (χ0v) is 25.1. The van der Waals surface area contributed by atoms with Gasteiger partial charge in [-0.3, -0.25) is 9.36 Å². The Bertz CT molecular complexity index is 1760. The molecule has 1 fully saturated rings. The maximum absolute atomic E-state index is 13.6. The van der Waals surface area contributed by atoms with Crippen LogP contribution in [0.2, 0.25) is 5.02 Å². The van der Waals surface area contributed by atoms with Gasteiger partial charge in [-0.15, -0.1) is 11.3 Å². The van der Waals surface area contributed by atoms with E-state index in [1.807, 2.05) is 44.3 Å². The molecule has 0 atom stereocenters. The molecule has 0 saturated carbocycles. The number of rotatable bonds is 7. The van der Waals surface area contributed by atoms with E-state index in [-0.39, 0.29) is 5.56 Å². The molecule has 1 N–H and O–H groups in total. The van der Waals surface area contributed by atoms with Gasteiger partial charge in [0.25, 0.3) is 5.56 Å². The lowest BCUT2D eigenvalue weighted by Gasteiger charge is -2.31. The highest BCUT2D eigenvalue weighted by Gasteiger charge is 2.20. The molecular weight excluding hydrogens is 552 g/mol. The first-order valence-corrected chi connectivity index (χ1v) is 15.4. The minimum Gasteiger partial charge on any atom is -0.324 e. The second kappa shape index (κ2) is 11.7. The summed E-state index contributed by atoms with van der Waals surface area (Å²) in [6, 6.07) is 16.2. The molecule has 0 unspecified atom stereocenters. The number of pyridine rings is 1. The Kier molecular flexibility index (Phi) is 7.88. The van der Waals surface area contributed by atoms with Crippen molar-refractivity contribution in [2.45, 2.75) is 46.1 Å². The van der Waals surface area contributed by atoms with Gasteiger partial charge >= 0.3 is 0 Å². The minimum atomic E-state index is -0.133. The number of fused-ring (bicyclic) bond motifs is 1. The van der Waals surface area contributed by atoms with Gasteiger partial charge in [0.2, 0.25) is 5.95 Å². The lowest BCUT2D eigenvalue weighted by atomic mass is 9.89. The summed E-state index contributed by atoms with van der Waals surface area (Å²) < 4.78 is 1.68. The van der Waals surface area contributed by atoms with Crippen LogP contribution in [0.15, 0.2) is 65.7 Å². The third kappa shape index (κ3) is 5.64. The van der Waals surface area contributed by atoms with Crippen LogP contribution in [-0.4, -0.2) is 44.1 Å². The van der Waals surface area contributed by atoms with Gasteiger partial charge in [0.15, 0.2) is 0 Å². The summed E-state index contributed by atoms with van der Waals surface area (Å²) in [6.07, 6.45) is 6.01. The quantitative estimate of drug-likeness (QED) is 0.213. The highest BCUT2D eigenvalue weighted by atomic mass is 35.5. The van der Waals surface area contributed by atoms with Crippen LogP contribution >= 0.6 is 22.9 Å². The molecular formula is C32H33ClN6OS. The van der Waals surface area contributed by atoms with E-state index in [1.54, 1.807) is 22.1 Å². The Morgan fingerprint density at radius 3 is 2.41 bits per heavy atom. The number of nitrogens with zero attached hydrogens (tertiary/aromatic N) is 5. The van der Waals surface area contributed by atoms with Crippen LogP contribution in [-0.2, 0) is 6.54 Å². The van der Waals surface area contributed by atoms with E-state index in [1.165, 1.54) is 18.4 Å². The van der Waals surface area contributed by atoms with Gasteiger partial charge in [-0.05, 0) is 87.6 Å². The summed E-state index contributed by atoms with van der Waals surface area (Å²) in [4.78, 5) is 30.8. The highest BCUT2D eigenvalue weighted by Crippen LogP contribution is 2.34. The Balaban J connectivity index is 1.26. The van der Waals surface area contributed by atoms with E-state index in [2.05, 4.69) is 51.4 Å². The molecule has 0 radical (unpaired) electrons. The average molecular weight is 585 g/mol. The molecule has 1 aliphatic heterocycles. The van der Waals surface area contributed by atoms with Gasteiger partial charge in [-0.1, -0.05) is 42.8 Å². The fourth-order valence-electron chi connectivity index (χ4n) is 5.64. The van der Waals surface area contributed by atoms with Crippen molar-refractivity contribution >= 4 is 45.6 Å². The molecule has 2 aromatic carbocycles. The van der Waals surface area contributed by atoms with E-state index < -0.39 is 0 Å². The maximum Gasteiger partial charge on any atom is 0.260 e. The lowest BCUT2D eigenvalue weighted by Crippen LogP contribution is -2.32. The summed E-state index contributed by atoms with van der Waals surface area (Å²) in [5.41, 5.74) is 4.96. The van der Waals surface area contributed by atoms with E-state index >= 15 is 0 Å². The first-order chi connectivity index (χ1) is 19.9. The first kappa shape index (κ1) is 27.6. The summed E-state index contributed by atoms with van der Waals surface area (Å²) >= 11 is 8.33. The SMILES string of the molecule is CCN1CCC(c2ccc(Nc3ncc4cc(-c5ccc(-c6cnc(C)s6)cc5Cl)c(=O)n(CC)c4n3)cc2)CC1.